The minimum absolute atomic E-state index is 0.205. The molecule has 60 valence electrons. The van der Waals surface area contributed by atoms with E-state index in [-0.39, 0.29) is 11.3 Å². The van der Waals surface area contributed by atoms with E-state index in [1.165, 1.54) is 23.8 Å². The van der Waals surface area contributed by atoms with Gasteiger partial charge in [-0.25, -0.2) is 10.5 Å². The number of hydrogen-bond donors (Lipinski definition) is 2. The number of rotatable bonds is 1. The van der Waals surface area contributed by atoms with Crippen molar-refractivity contribution in [3.8, 4) is 6.07 Å². The maximum atomic E-state index is 10.7. The minimum atomic E-state index is -0.646. The molecule has 0 atom stereocenters. The monoisotopic (exact) mass is 163 g/mol. The Labute approximate surface area is 68.2 Å². The van der Waals surface area contributed by atoms with Crippen LogP contribution in [0, 0.1) is 11.3 Å². The summed E-state index contributed by atoms with van der Waals surface area (Å²) < 4.78 is 0. The van der Waals surface area contributed by atoms with E-state index < -0.39 is 5.91 Å². The normalized spacial score (nSPS) is 8.67. The lowest BCUT2D eigenvalue weighted by molar-refractivity contribution is 0.0706. The Morgan fingerprint density at radius 1 is 1.67 bits per heavy atom. The number of nitrogens with one attached hydrogen (secondary N) is 1. The zero-order chi connectivity index (χ0) is 8.97. The lowest BCUT2D eigenvalue weighted by Crippen LogP contribution is -2.18. The van der Waals surface area contributed by atoms with Crippen molar-refractivity contribution in [2.45, 2.75) is 0 Å². The van der Waals surface area contributed by atoms with Crippen LogP contribution in [-0.4, -0.2) is 16.1 Å². The molecule has 5 nitrogen and oxygen atoms in total. The molecule has 1 aromatic rings. The average Bonchev–Trinajstić information content (AvgIpc) is 2.17. The lowest BCUT2D eigenvalue weighted by atomic mass is 10.2. The molecule has 0 unspecified atom stereocenters. The van der Waals surface area contributed by atoms with Crippen LogP contribution >= 0.6 is 0 Å². The topological polar surface area (TPSA) is 86.0 Å². The first-order valence-electron chi connectivity index (χ1n) is 3.08. The number of nitriles is 1. The minimum Gasteiger partial charge on any atom is -0.288 e. The van der Waals surface area contributed by atoms with Gasteiger partial charge in [0.05, 0.1) is 5.56 Å². The number of carbonyl (C=O) groups is 1. The average molecular weight is 163 g/mol. The number of aromatic nitrogens is 1. The second kappa shape index (κ2) is 3.46. The molecule has 2 N–H and O–H groups in total. The highest BCUT2D eigenvalue weighted by Gasteiger charge is 2.02. The van der Waals surface area contributed by atoms with E-state index in [4.69, 9.17) is 10.5 Å². The maximum absolute atomic E-state index is 10.7. The zero-order valence-corrected chi connectivity index (χ0v) is 5.98. The molecule has 0 radical (unpaired) electrons. The first kappa shape index (κ1) is 8.17. The first-order valence-corrected chi connectivity index (χ1v) is 3.08. The Hall–Kier alpha value is -1.93. The summed E-state index contributed by atoms with van der Waals surface area (Å²) in [4.78, 5) is 14.4. The van der Waals surface area contributed by atoms with Gasteiger partial charge in [-0.2, -0.15) is 5.26 Å². The van der Waals surface area contributed by atoms with Gasteiger partial charge in [0.2, 0.25) is 0 Å². The van der Waals surface area contributed by atoms with E-state index >= 15 is 0 Å². The fourth-order valence-corrected chi connectivity index (χ4v) is 0.659. The molecule has 0 aliphatic rings. The zero-order valence-electron chi connectivity index (χ0n) is 5.98. The van der Waals surface area contributed by atoms with Crippen LogP contribution in [-0.2, 0) is 0 Å². The highest BCUT2D eigenvalue weighted by Crippen LogP contribution is 1.98. The molecule has 0 fully saturated rings. The molecule has 0 aromatic carbocycles. The third-order valence-electron chi connectivity index (χ3n) is 1.24. The molecule has 1 heterocycles. The predicted octanol–water partition coefficient (Wildman–Crippen LogP) is 0.0723. The van der Waals surface area contributed by atoms with Crippen molar-refractivity contribution in [2.75, 3.05) is 0 Å². The van der Waals surface area contributed by atoms with Crippen LogP contribution in [0.1, 0.15) is 16.1 Å². The van der Waals surface area contributed by atoms with Crippen LogP contribution in [0.4, 0.5) is 0 Å². The predicted molar refractivity (Wildman–Crippen MR) is 38.2 cm³/mol. The van der Waals surface area contributed by atoms with Gasteiger partial charge in [0, 0.05) is 6.20 Å². The van der Waals surface area contributed by atoms with Crippen LogP contribution in [0.15, 0.2) is 18.3 Å². The van der Waals surface area contributed by atoms with Crippen LogP contribution in [0.2, 0.25) is 0 Å². The Bertz CT molecular complexity index is 325. The summed E-state index contributed by atoms with van der Waals surface area (Å²) in [5.41, 5.74) is 1.89. The Morgan fingerprint density at radius 2 is 2.42 bits per heavy atom. The highest BCUT2D eigenvalue weighted by molar-refractivity contribution is 5.92. The van der Waals surface area contributed by atoms with Crippen molar-refractivity contribution in [1.82, 2.24) is 10.5 Å². The summed E-state index contributed by atoms with van der Waals surface area (Å²) >= 11 is 0. The largest absolute Gasteiger partial charge is 0.288 e. The number of pyridine rings is 1. The van der Waals surface area contributed by atoms with Crippen molar-refractivity contribution >= 4 is 5.91 Å². The number of hydroxylamine groups is 1. The molecule has 5 heteroatoms. The number of amides is 1. The Balaban J connectivity index is 2.94. The van der Waals surface area contributed by atoms with Crippen molar-refractivity contribution in [3.05, 3.63) is 29.6 Å². The molecule has 0 aliphatic carbocycles. The standard InChI is InChI=1S/C7H5N3O2/c8-3-6-2-1-5(4-9-6)7(11)10-12/h1-2,4,12H,(H,10,11). The summed E-state index contributed by atoms with van der Waals surface area (Å²) in [5.74, 6) is -0.646. The van der Waals surface area contributed by atoms with Crippen molar-refractivity contribution in [3.63, 3.8) is 0 Å². The quantitative estimate of drug-likeness (QED) is 0.453. The van der Waals surface area contributed by atoms with Gasteiger partial charge in [0.25, 0.3) is 5.91 Å². The summed E-state index contributed by atoms with van der Waals surface area (Å²) in [6, 6.07) is 4.60. The van der Waals surface area contributed by atoms with Crippen LogP contribution in [0.3, 0.4) is 0 Å². The van der Waals surface area contributed by atoms with Crippen molar-refractivity contribution in [2.24, 2.45) is 0 Å². The fraction of sp³-hybridized carbons (Fsp3) is 0. The molecule has 1 amide bonds. The van der Waals surface area contributed by atoms with Gasteiger partial charge in [-0.3, -0.25) is 10.0 Å². The molecular weight excluding hydrogens is 158 g/mol. The molecule has 0 aliphatic heterocycles. The van der Waals surface area contributed by atoms with E-state index in [9.17, 15) is 4.79 Å². The van der Waals surface area contributed by atoms with Crippen molar-refractivity contribution in [1.29, 1.82) is 5.26 Å². The Morgan fingerprint density at radius 3 is 2.83 bits per heavy atom. The highest BCUT2D eigenvalue weighted by atomic mass is 16.5. The van der Waals surface area contributed by atoms with Gasteiger partial charge < -0.3 is 0 Å². The summed E-state index contributed by atoms with van der Waals surface area (Å²) in [6.45, 7) is 0. The van der Waals surface area contributed by atoms with E-state index in [2.05, 4.69) is 4.98 Å². The smallest absolute Gasteiger partial charge is 0.276 e. The van der Waals surface area contributed by atoms with Gasteiger partial charge in [0.15, 0.2) is 0 Å². The summed E-state index contributed by atoms with van der Waals surface area (Å²) in [6.07, 6.45) is 1.21. The molecular formula is C7H5N3O2. The first-order chi connectivity index (χ1) is 5.77. The fourth-order valence-electron chi connectivity index (χ4n) is 0.659. The third-order valence-corrected chi connectivity index (χ3v) is 1.24. The third kappa shape index (κ3) is 1.56. The Kier molecular flexibility index (Phi) is 2.35. The van der Waals surface area contributed by atoms with E-state index in [1.54, 1.807) is 6.07 Å². The molecule has 0 saturated heterocycles. The van der Waals surface area contributed by atoms with Crippen molar-refractivity contribution < 1.29 is 10.0 Å². The molecule has 1 aromatic heterocycles. The second-order valence-corrected chi connectivity index (χ2v) is 1.98. The SMILES string of the molecule is N#Cc1ccc(C(=O)NO)cn1. The number of nitrogens with zero attached hydrogens (tertiary/aromatic N) is 2. The summed E-state index contributed by atoms with van der Waals surface area (Å²) in [5, 5.41) is 16.6. The van der Waals surface area contributed by atoms with Crippen LogP contribution < -0.4 is 5.48 Å². The molecule has 0 bridgehead atoms. The molecule has 0 saturated carbocycles. The van der Waals surface area contributed by atoms with E-state index in [0.717, 1.165) is 0 Å². The molecule has 1 rings (SSSR count). The van der Waals surface area contributed by atoms with Gasteiger partial charge in [-0.05, 0) is 12.1 Å². The van der Waals surface area contributed by atoms with E-state index in [1.807, 2.05) is 0 Å². The number of carbonyl (C=O) groups excluding carboxylic acids is 1. The van der Waals surface area contributed by atoms with Crippen LogP contribution in [0.5, 0.6) is 0 Å². The second-order valence-electron chi connectivity index (χ2n) is 1.98. The summed E-state index contributed by atoms with van der Waals surface area (Å²) in [7, 11) is 0. The lowest BCUT2D eigenvalue weighted by Gasteiger charge is -1.95. The number of hydrogen-bond acceptors (Lipinski definition) is 4. The van der Waals surface area contributed by atoms with E-state index in [0.29, 0.717) is 0 Å². The van der Waals surface area contributed by atoms with Gasteiger partial charge >= 0.3 is 0 Å². The molecule has 0 spiro atoms. The molecule has 12 heavy (non-hydrogen) atoms. The van der Waals surface area contributed by atoms with Gasteiger partial charge in [0.1, 0.15) is 11.8 Å². The maximum Gasteiger partial charge on any atom is 0.276 e. The van der Waals surface area contributed by atoms with Crippen LogP contribution in [0.25, 0.3) is 0 Å². The van der Waals surface area contributed by atoms with Gasteiger partial charge in [-0.1, -0.05) is 0 Å². The van der Waals surface area contributed by atoms with Gasteiger partial charge in [-0.15, -0.1) is 0 Å².